The number of carbonyl (C=O) groups is 2. The van der Waals surface area contributed by atoms with Crippen LogP contribution in [0.15, 0.2) is 48.5 Å². The highest BCUT2D eigenvalue weighted by Gasteiger charge is 2.33. The van der Waals surface area contributed by atoms with Crippen molar-refractivity contribution in [1.29, 1.82) is 0 Å². The summed E-state index contributed by atoms with van der Waals surface area (Å²) in [5.41, 5.74) is 2.24. The average Bonchev–Trinajstić information content (AvgIpc) is 3.13. The minimum atomic E-state index is -0.0944. The lowest BCUT2D eigenvalue weighted by molar-refractivity contribution is -0.120. The first kappa shape index (κ1) is 21.8. The number of hydrogen-bond donors (Lipinski definition) is 0. The Balaban J connectivity index is 1.66. The number of anilines is 2. The van der Waals surface area contributed by atoms with Crippen LogP contribution in [0.3, 0.4) is 0 Å². The number of hydrogen-bond acceptors (Lipinski definition) is 4. The molecule has 160 valence electrons. The molecule has 0 aromatic heterocycles. The molecule has 6 heteroatoms. The van der Waals surface area contributed by atoms with Gasteiger partial charge in [-0.2, -0.15) is 0 Å². The molecule has 6 nitrogen and oxygen atoms in total. The Morgan fingerprint density at radius 1 is 1.07 bits per heavy atom. The Morgan fingerprint density at radius 2 is 1.70 bits per heavy atom. The van der Waals surface area contributed by atoms with Gasteiger partial charge in [-0.3, -0.25) is 14.5 Å². The molecule has 0 radical (unpaired) electrons. The van der Waals surface area contributed by atoms with Crippen molar-refractivity contribution in [3.05, 3.63) is 54.1 Å². The van der Waals surface area contributed by atoms with Crippen LogP contribution in [0.25, 0.3) is 0 Å². The van der Waals surface area contributed by atoms with Gasteiger partial charge in [0.2, 0.25) is 5.91 Å². The number of carbonyl (C=O) groups excluding carboxylic acids is 2. The lowest BCUT2D eigenvalue weighted by atomic mass is 10.1. The first-order valence-corrected chi connectivity index (χ1v) is 10.4. The van der Waals surface area contributed by atoms with Crippen LogP contribution in [0.1, 0.15) is 30.6 Å². The van der Waals surface area contributed by atoms with Gasteiger partial charge in [-0.15, -0.1) is 0 Å². The molecular weight excluding hydrogens is 378 g/mol. The Kier molecular flexibility index (Phi) is 6.77. The molecule has 2 aromatic rings. The number of rotatable bonds is 7. The summed E-state index contributed by atoms with van der Waals surface area (Å²) < 4.78 is 5.68. The van der Waals surface area contributed by atoms with Gasteiger partial charge in [0.15, 0.2) is 0 Å². The highest BCUT2D eigenvalue weighted by Crippen LogP contribution is 2.26. The van der Waals surface area contributed by atoms with Gasteiger partial charge in [0.25, 0.3) is 5.91 Å². The molecule has 2 amide bonds. The predicted octanol–water partition coefficient (Wildman–Crippen LogP) is 3.66. The van der Waals surface area contributed by atoms with E-state index in [0.717, 1.165) is 23.5 Å². The number of nitrogens with zero attached hydrogens (tertiary/aromatic N) is 3. The van der Waals surface area contributed by atoms with Crippen molar-refractivity contribution in [1.82, 2.24) is 4.90 Å². The zero-order valence-electron chi connectivity index (χ0n) is 18.5. The zero-order chi connectivity index (χ0) is 21.8. The quantitative estimate of drug-likeness (QED) is 0.700. The topological polar surface area (TPSA) is 53.1 Å². The smallest absolute Gasteiger partial charge is 0.258 e. The third-order valence-electron chi connectivity index (χ3n) is 5.34. The van der Waals surface area contributed by atoms with Gasteiger partial charge in [-0.05, 0) is 75.0 Å². The molecule has 1 aliphatic heterocycles. The lowest BCUT2D eigenvalue weighted by Crippen LogP contribution is -2.37. The molecule has 1 unspecified atom stereocenters. The summed E-state index contributed by atoms with van der Waals surface area (Å²) in [6.45, 7) is 5.55. The Labute approximate surface area is 179 Å². The Morgan fingerprint density at radius 3 is 2.23 bits per heavy atom. The molecule has 0 N–H and O–H groups in total. The second-order valence-corrected chi connectivity index (χ2v) is 8.37. The number of ether oxygens (including phenoxy) is 1. The van der Waals surface area contributed by atoms with Crippen molar-refractivity contribution < 1.29 is 14.3 Å². The van der Waals surface area contributed by atoms with Crippen LogP contribution in [0.5, 0.6) is 5.75 Å². The fraction of sp³-hybridized carbons (Fsp3) is 0.417. The fourth-order valence-corrected chi connectivity index (χ4v) is 3.52. The summed E-state index contributed by atoms with van der Waals surface area (Å²) in [7, 11) is 5.61. The number of likely N-dealkylation sites (N-methyl/N-ethyl adjacent to an activating group) is 1. The fourth-order valence-electron chi connectivity index (χ4n) is 3.52. The second kappa shape index (κ2) is 9.30. The standard InChI is InChI=1S/C24H31N3O3/c1-17(2)16-30-21-12-6-18(7-13-21)23(28)26(5)19-8-10-20(11-9-19)27-15-14-22(24(27)29)25(3)4/h6-13,17,22H,14-16H2,1-5H3. The van der Waals surface area contributed by atoms with Crippen LogP contribution in [-0.4, -0.2) is 57.1 Å². The molecule has 0 saturated carbocycles. The van der Waals surface area contributed by atoms with Gasteiger partial charge < -0.3 is 14.5 Å². The Hall–Kier alpha value is -2.86. The summed E-state index contributed by atoms with van der Waals surface area (Å²) in [5, 5.41) is 0. The molecule has 1 fully saturated rings. The Bertz CT molecular complexity index is 876. The number of amides is 2. The normalized spacial score (nSPS) is 16.4. The van der Waals surface area contributed by atoms with Crippen molar-refractivity contribution in [2.24, 2.45) is 5.92 Å². The predicted molar refractivity (Wildman–Crippen MR) is 120 cm³/mol. The molecule has 1 heterocycles. The summed E-state index contributed by atoms with van der Waals surface area (Å²) >= 11 is 0. The van der Waals surface area contributed by atoms with Crippen LogP contribution < -0.4 is 14.5 Å². The molecule has 3 rings (SSSR count). The van der Waals surface area contributed by atoms with Crippen LogP contribution in [0.2, 0.25) is 0 Å². The SMILES string of the molecule is CC(C)COc1ccc(C(=O)N(C)c2ccc(N3CCC(N(C)C)C3=O)cc2)cc1. The lowest BCUT2D eigenvalue weighted by Gasteiger charge is -2.22. The van der Waals surface area contributed by atoms with Gasteiger partial charge in [0.1, 0.15) is 5.75 Å². The van der Waals surface area contributed by atoms with Crippen molar-refractivity contribution in [3.63, 3.8) is 0 Å². The van der Waals surface area contributed by atoms with Crippen molar-refractivity contribution in [3.8, 4) is 5.75 Å². The number of benzene rings is 2. The van der Waals surface area contributed by atoms with Gasteiger partial charge in [0.05, 0.1) is 12.6 Å². The van der Waals surface area contributed by atoms with Crippen molar-refractivity contribution in [2.75, 3.05) is 44.1 Å². The molecule has 0 aliphatic carbocycles. The summed E-state index contributed by atoms with van der Waals surface area (Å²) in [6, 6.07) is 14.7. The maximum Gasteiger partial charge on any atom is 0.258 e. The van der Waals surface area contributed by atoms with E-state index in [-0.39, 0.29) is 17.9 Å². The van der Waals surface area contributed by atoms with Crippen LogP contribution in [0, 0.1) is 5.92 Å². The molecule has 1 aliphatic rings. The van der Waals surface area contributed by atoms with Crippen molar-refractivity contribution in [2.45, 2.75) is 26.3 Å². The molecule has 1 saturated heterocycles. The van der Waals surface area contributed by atoms with Crippen LogP contribution in [-0.2, 0) is 4.79 Å². The van der Waals surface area contributed by atoms with E-state index in [1.807, 2.05) is 60.3 Å². The van der Waals surface area contributed by atoms with E-state index in [1.54, 1.807) is 24.1 Å². The van der Waals surface area contributed by atoms with Crippen LogP contribution >= 0.6 is 0 Å². The second-order valence-electron chi connectivity index (χ2n) is 8.37. The van der Waals surface area contributed by atoms with E-state index in [9.17, 15) is 9.59 Å². The largest absolute Gasteiger partial charge is 0.493 e. The summed E-state index contributed by atoms with van der Waals surface area (Å²) in [4.78, 5) is 30.8. The minimum absolute atomic E-state index is 0.0681. The van der Waals surface area contributed by atoms with E-state index in [1.165, 1.54) is 0 Å². The van der Waals surface area contributed by atoms with Gasteiger partial charge in [0, 0.05) is 30.5 Å². The molecule has 0 bridgehead atoms. The highest BCUT2D eigenvalue weighted by molar-refractivity contribution is 6.06. The van der Waals surface area contributed by atoms with E-state index in [0.29, 0.717) is 24.6 Å². The zero-order valence-corrected chi connectivity index (χ0v) is 18.5. The minimum Gasteiger partial charge on any atom is -0.493 e. The van der Waals surface area contributed by atoms with E-state index < -0.39 is 0 Å². The van der Waals surface area contributed by atoms with Gasteiger partial charge in [-0.1, -0.05) is 13.8 Å². The highest BCUT2D eigenvalue weighted by atomic mass is 16.5. The van der Waals surface area contributed by atoms with Gasteiger partial charge in [-0.25, -0.2) is 0 Å². The average molecular weight is 410 g/mol. The maximum absolute atomic E-state index is 12.8. The first-order valence-electron chi connectivity index (χ1n) is 10.4. The molecule has 2 aromatic carbocycles. The van der Waals surface area contributed by atoms with E-state index in [4.69, 9.17) is 4.74 Å². The van der Waals surface area contributed by atoms with Crippen molar-refractivity contribution >= 4 is 23.2 Å². The summed E-state index contributed by atoms with van der Waals surface area (Å²) in [5.74, 6) is 1.24. The monoisotopic (exact) mass is 409 g/mol. The molecular formula is C24H31N3O3. The van der Waals surface area contributed by atoms with Crippen LogP contribution in [0.4, 0.5) is 11.4 Å². The molecule has 30 heavy (non-hydrogen) atoms. The summed E-state index contributed by atoms with van der Waals surface area (Å²) in [6.07, 6.45) is 0.822. The third kappa shape index (κ3) is 4.82. The maximum atomic E-state index is 12.8. The van der Waals surface area contributed by atoms with Gasteiger partial charge >= 0.3 is 0 Å². The molecule has 0 spiro atoms. The first-order chi connectivity index (χ1) is 14.3. The third-order valence-corrected chi connectivity index (χ3v) is 5.34. The molecule has 1 atom stereocenters. The van der Waals surface area contributed by atoms with E-state index in [2.05, 4.69) is 13.8 Å². The van der Waals surface area contributed by atoms with E-state index >= 15 is 0 Å².